The summed E-state index contributed by atoms with van der Waals surface area (Å²) >= 11 is 6.61. The van der Waals surface area contributed by atoms with Gasteiger partial charge in [0.15, 0.2) is 0 Å². The third-order valence-corrected chi connectivity index (χ3v) is 9.21. The van der Waals surface area contributed by atoms with Gasteiger partial charge in [-0.2, -0.15) is 0 Å². The van der Waals surface area contributed by atoms with E-state index in [1.807, 2.05) is 12.1 Å². The molecule has 7 heteroatoms. The van der Waals surface area contributed by atoms with E-state index in [0.717, 1.165) is 35.5 Å². The molecule has 1 saturated heterocycles. The maximum atomic E-state index is 12.8. The lowest BCUT2D eigenvalue weighted by molar-refractivity contribution is -0.133. The lowest BCUT2D eigenvalue weighted by atomic mass is 9.48. The molecule has 1 aromatic rings. The summed E-state index contributed by atoms with van der Waals surface area (Å²) in [7, 11) is 0. The Kier molecular flexibility index (Phi) is 4.62. The summed E-state index contributed by atoms with van der Waals surface area (Å²) in [5.41, 5.74) is 1.29. The number of hydrogen-bond acceptors (Lipinski definition) is 3. The van der Waals surface area contributed by atoms with Gasteiger partial charge >= 0.3 is 6.03 Å². The average molecular weight is 456 g/mol. The number of amides is 4. The first-order valence-corrected chi connectivity index (χ1v) is 12.5. The monoisotopic (exact) mass is 455 g/mol. The Morgan fingerprint density at radius 1 is 1.06 bits per heavy atom. The summed E-state index contributed by atoms with van der Waals surface area (Å²) < 4.78 is 0. The smallest absolute Gasteiger partial charge is 0.323 e. The molecule has 1 aromatic carbocycles. The zero-order valence-electron chi connectivity index (χ0n) is 18.3. The van der Waals surface area contributed by atoms with Gasteiger partial charge in [0.05, 0.1) is 10.7 Å². The fourth-order valence-electron chi connectivity index (χ4n) is 7.88. The van der Waals surface area contributed by atoms with Crippen molar-refractivity contribution in [2.24, 2.45) is 17.8 Å². The predicted molar refractivity (Wildman–Crippen MR) is 121 cm³/mol. The molecular formula is C25H30ClN3O3. The highest BCUT2D eigenvalue weighted by atomic mass is 35.5. The topological polar surface area (TPSA) is 78.5 Å². The minimum atomic E-state index is -0.797. The number of halogens is 1. The van der Waals surface area contributed by atoms with Crippen LogP contribution in [0.25, 0.3) is 0 Å². The highest BCUT2D eigenvalue weighted by molar-refractivity contribution is 6.33. The van der Waals surface area contributed by atoms with Gasteiger partial charge in [0.25, 0.3) is 5.91 Å². The minimum absolute atomic E-state index is 0.247. The molecule has 1 aliphatic heterocycles. The number of carbonyl (C=O) groups is 3. The molecular weight excluding hydrogens is 426 g/mol. The van der Waals surface area contributed by atoms with Gasteiger partial charge in [0.1, 0.15) is 12.1 Å². The van der Waals surface area contributed by atoms with Gasteiger partial charge in [-0.15, -0.1) is 0 Å². The van der Waals surface area contributed by atoms with E-state index in [1.54, 1.807) is 0 Å². The predicted octanol–water partition coefficient (Wildman–Crippen LogP) is 4.61. The lowest BCUT2D eigenvalue weighted by Gasteiger charge is -2.57. The summed E-state index contributed by atoms with van der Waals surface area (Å²) in [6.07, 6.45) is 11.1. The number of urea groups is 1. The van der Waals surface area contributed by atoms with Crippen LogP contribution in [0, 0.1) is 17.8 Å². The van der Waals surface area contributed by atoms with E-state index >= 15 is 0 Å². The van der Waals surface area contributed by atoms with Crippen molar-refractivity contribution >= 4 is 35.1 Å². The van der Waals surface area contributed by atoms with E-state index in [4.69, 9.17) is 11.6 Å². The Labute approximate surface area is 193 Å². The first-order valence-electron chi connectivity index (χ1n) is 12.1. The van der Waals surface area contributed by atoms with Crippen LogP contribution in [0.5, 0.6) is 0 Å². The van der Waals surface area contributed by atoms with E-state index in [0.29, 0.717) is 23.6 Å². The quantitative estimate of drug-likeness (QED) is 0.650. The number of imide groups is 1. The Balaban J connectivity index is 1.15. The first-order chi connectivity index (χ1) is 15.4. The summed E-state index contributed by atoms with van der Waals surface area (Å²) in [5, 5.41) is 6.15. The van der Waals surface area contributed by atoms with Gasteiger partial charge in [-0.05, 0) is 92.2 Å². The van der Waals surface area contributed by atoms with E-state index in [-0.39, 0.29) is 17.9 Å². The fourth-order valence-corrected chi connectivity index (χ4v) is 8.11. The van der Waals surface area contributed by atoms with Gasteiger partial charge in [0, 0.05) is 0 Å². The molecule has 0 unspecified atom stereocenters. The highest BCUT2D eigenvalue weighted by Crippen LogP contribution is 2.61. The third-order valence-electron chi connectivity index (χ3n) is 8.90. The number of benzene rings is 1. The molecule has 0 aromatic heterocycles. The standard InChI is InChI=1S/C25H30ClN3O3/c26-19-10-18(24-11-15-7-16(12-24)9-17(8-15)13-24)3-4-20(19)27-21(30)14-29-22(31)25(28-23(29)32)5-1-2-6-25/h3-4,10,15-17H,1-2,5-9,11-14H2,(H,27,30)(H,28,32). The van der Waals surface area contributed by atoms with E-state index in [2.05, 4.69) is 16.7 Å². The maximum absolute atomic E-state index is 12.8. The second-order valence-corrected chi connectivity index (χ2v) is 11.5. The Morgan fingerprint density at radius 3 is 2.28 bits per heavy atom. The molecule has 170 valence electrons. The molecule has 1 heterocycles. The number of nitrogens with one attached hydrogen (secondary N) is 2. The van der Waals surface area contributed by atoms with Crippen LogP contribution < -0.4 is 10.6 Å². The average Bonchev–Trinajstić information content (AvgIpc) is 3.29. The molecule has 6 fully saturated rings. The molecule has 0 atom stereocenters. The van der Waals surface area contributed by atoms with Crippen molar-refractivity contribution in [3.8, 4) is 0 Å². The molecule has 6 aliphatic rings. The van der Waals surface area contributed by atoms with Crippen molar-refractivity contribution < 1.29 is 14.4 Å². The van der Waals surface area contributed by atoms with Gasteiger partial charge in [-0.3, -0.25) is 14.5 Å². The van der Waals surface area contributed by atoms with Crippen LogP contribution in [-0.2, 0) is 15.0 Å². The summed E-state index contributed by atoms with van der Waals surface area (Å²) in [6, 6.07) is 5.57. The molecule has 7 rings (SSSR count). The second-order valence-electron chi connectivity index (χ2n) is 11.1. The molecule has 6 nitrogen and oxygen atoms in total. The van der Waals surface area contributed by atoms with Crippen LogP contribution in [0.15, 0.2) is 18.2 Å². The van der Waals surface area contributed by atoms with Gasteiger partial charge in [-0.1, -0.05) is 30.5 Å². The zero-order chi connectivity index (χ0) is 22.1. The molecule has 0 radical (unpaired) electrons. The zero-order valence-corrected chi connectivity index (χ0v) is 19.0. The number of nitrogens with zero attached hydrogens (tertiary/aromatic N) is 1. The summed E-state index contributed by atoms with van der Waals surface area (Å²) in [6.45, 7) is -0.292. The van der Waals surface area contributed by atoms with Gasteiger partial charge < -0.3 is 10.6 Å². The van der Waals surface area contributed by atoms with Crippen molar-refractivity contribution in [3.63, 3.8) is 0 Å². The minimum Gasteiger partial charge on any atom is -0.323 e. The van der Waals surface area contributed by atoms with Gasteiger partial charge in [-0.25, -0.2) is 4.79 Å². The van der Waals surface area contributed by atoms with E-state index in [9.17, 15) is 14.4 Å². The molecule has 4 bridgehead atoms. The number of anilines is 1. The molecule has 32 heavy (non-hydrogen) atoms. The highest BCUT2D eigenvalue weighted by Gasteiger charge is 2.53. The second kappa shape index (κ2) is 7.21. The van der Waals surface area contributed by atoms with Crippen LogP contribution in [0.4, 0.5) is 10.5 Å². The largest absolute Gasteiger partial charge is 0.325 e. The van der Waals surface area contributed by atoms with Crippen LogP contribution >= 0.6 is 11.6 Å². The van der Waals surface area contributed by atoms with Crippen LogP contribution in [0.2, 0.25) is 5.02 Å². The van der Waals surface area contributed by atoms with Gasteiger partial charge in [0.2, 0.25) is 5.91 Å². The lowest BCUT2D eigenvalue weighted by Crippen LogP contribution is -2.48. The Morgan fingerprint density at radius 2 is 1.69 bits per heavy atom. The summed E-state index contributed by atoms with van der Waals surface area (Å²) in [5.74, 6) is 1.87. The molecule has 4 amide bonds. The molecule has 5 saturated carbocycles. The summed E-state index contributed by atoms with van der Waals surface area (Å²) in [4.78, 5) is 38.8. The fraction of sp³-hybridized carbons (Fsp3) is 0.640. The normalized spacial score (nSPS) is 34.4. The van der Waals surface area contributed by atoms with Crippen molar-refractivity contribution in [3.05, 3.63) is 28.8 Å². The van der Waals surface area contributed by atoms with E-state index < -0.39 is 17.5 Å². The van der Waals surface area contributed by atoms with Crippen LogP contribution in [-0.4, -0.2) is 34.8 Å². The Bertz CT molecular complexity index is 965. The van der Waals surface area contributed by atoms with E-state index in [1.165, 1.54) is 44.1 Å². The van der Waals surface area contributed by atoms with Crippen molar-refractivity contribution in [1.82, 2.24) is 10.2 Å². The van der Waals surface area contributed by atoms with Crippen LogP contribution in [0.3, 0.4) is 0 Å². The maximum Gasteiger partial charge on any atom is 0.325 e. The first kappa shape index (κ1) is 20.5. The third kappa shape index (κ3) is 3.17. The Hall–Kier alpha value is -2.08. The molecule has 1 spiro atoms. The SMILES string of the molecule is O=C(CN1C(=O)NC2(CCCC2)C1=O)Nc1ccc(C23CC4CC(CC(C4)C2)C3)cc1Cl. The van der Waals surface area contributed by atoms with Crippen LogP contribution in [0.1, 0.15) is 69.8 Å². The van der Waals surface area contributed by atoms with Crippen molar-refractivity contribution in [2.45, 2.75) is 75.2 Å². The number of carbonyl (C=O) groups excluding carboxylic acids is 3. The molecule has 2 N–H and O–H groups in total. The molecule has 5 aliphatic carbocycles. The van der Waals surface area contributed by atoms with Crippen molar-refractivity contribution in [2.75, 3.05) is 11.9 Å². The van der Waals surface area contributed by atoms with Crippen molar-refractivity contribution in [1.29, 1.82) is 0 Å². The number of rotatable bonds is 4. The number of hydrogen-bond donors (Lipinski definition) is 2.